The Morgan fingerprint density at radius 3 is 2.29 bits per heavy atom. The molecule has 1 saturated heterocycles. The van der Waals surface area contributed by atoms with Crippen LogP contribution in [0, 0.1) is 6.92 Å². The highest BCUT2D eigenvalue weighted by molar-refractivity contribution is 6.18. The average Bonchev–Trinajstić information content (AvgIpc) is 2.91. The van der Waals surface area contributed by atoms with Crippen molar-refractivity contribution in [1.29, 1.82) is 0 Å². The predicted molar refractivity (Wildman–Crippen MR) is 79.2 cm³/mol. The van der Waals surface area contributed by atoms with E-state index in [0.29, 0.717) is 17.5 Å². The van der Waals surface area contributed by atoms with E-state index in [4.69, 9.17) is 4.74 Å². The van der Waals surface area contributed by atoms with Gasteiger partial charge in [-0.3, -0.25) is 9.59 Å². The van der Waals surface area contributed by atoms with Gasteiger partial charge >= 0.3 is 5.97 Å². The summed E-state index contributed by atoms with van der Waals surface area (Å²) >= 11 is 0. The minimum Gasteiger partial charge on any atom is -0.465 e. The minimum absolute atomic E-state index is 0.184. The third-order valence-electron chi connectivity index (χ3n) is 4.03. The Hall–Kier alpha value is -2.42. The summed E-state index contributed by atoms with van der Waals surface area (Å²) in [7, 11) is 0. The summed E-state index contributed by atoms with van der Waals surface area (Å²) in [6.07, 6.45) is 0.391. The topological polar surface area (TPSA) is 43.4 Å². The van der Waals surface area contributed by atoms with Gasteiger partial charge in [0.15, 0.2) is 11.2 Å². The number of hydrogen-bond acceptors (Lipinski definition) is 3. The first-order chi connectivity index (χ1) is 10.1. The molecule has 3 nitrogen and oxygen atoms in total. The van der Waals surface area contributed by atoms with Crippen molar-refractivity contribution < 1.29 is 14.3 Å². The Kier molecular flexibility index (Phi) is 3.34. The van der Waals surface area contributed by atoms with E-state index in [1.165, 1.54) is 0 Å². The summed E-state index contributed by atoms with van der Waals surface area (Å²) in [5.41, 5.74) is 1.13. The molecule has 0 N–H and O–H groups in total. The molecule has 0 spiro atoms. The molecule has 0 radical (unpaired) electrons. The normalized spacial score (nSPS) is 21.1. The highest BCUT2D eigenvalue weighted by Gasteiger charge is 2.52. The van der Waals surface area contributed by atoms with Crippen LogP contribution >= 0.6 is 0 Å². The molecule has 0 bridgehead atoms. The molecular weight excluding hydrogens is 264 g/mol. The monoisotopic (exact) mass is 280 g/mol. The van der Waals surface area contributed by atoms with Crippen molar-refractivity contribution in [2.24, 2.45) is 0 Å². The van der Waals surface area contributed by atoms with Crippen LogP contribution in [0.15, 0.2) is 54.6 Å². The van der Waals surface area contributed by atoms with Gasteiger partial charge in [0, 0.05) is 12.0 Å². The molecule has 1 aliphatic rings. The van der Waals surface area contributed by atoms with Crippen LogP contribution in [0.4, 0.5) is 0 Å². The van der Waals surface area contributed by atoms with Gasteiger partial charge in [-0.05, 0) is 12.5 Å². The fourth-order valence-corrected chi connectivity index (χ4v) is 2.80. The predicted octanol–water partition coefficient (Wildman–Crippen LogP) is 3.06. The van der Waals surface area contributed by atoms with E-state index >= 15 is 0 Å². The molecule has 1 fully saturated rings. The summed E-state index contributed by atoms with van der Waals surface area (Å²) in [6, 6.07) is 16.5. The van der Waals surface area contributed by atoms with Gasteiger partial charge < -0.3 is 4.74 Å². The second kappa shape index (κ2) is 5.17. The number of cyclic esters (lactones) is 1. The molecule has 0 aromatic heterocycles. The molecule has 1 heterocycles. The lowest BCUT2D eigenvalue weighted by molar-refractivity contribution is -0.141. The lowest BCUT2D eigenvalue weighted by Gasteiger charge is -2.23. The number of carbonyl (C=O) groups excluding carboxylic acids is 2. The van der Waals surface area contributed by atoms with Crippen LogP contribution in [0.1, 0.15) is 27.9 Å². The lowest BCUT2D eigenvalue weighted by Crippen LogP contribution is -2.40. The number of aryl methyl sites for hydroxylation is 1. The molecule has 3 rings (SSSR count). The van der Waals surface area contributed by atoms with Crippen LogP contribution in [0.3, 0.4) is 0 Å². The molecule has 21 heavy (non-hydrogen) atoms. The molecular formula is C18H16O3. The van der Waals surface area contributed by atoms with Crippen molar-refractivity contribution in [1.82, 2.24) is 0 Å². The van der Waals surface area contributed by atoms with Crippen molar-refractivity contribution in [3.63, 3.8) is 0 Å². The number of carbonyl (C=O) groups is 2. The minimum atomic E-state index is -1.20. The number of benzene rings is 2. The number of Topliss-reactive ketones (excluding diaryl/α,β-unsaturated/α-hetero) is 1. The number of ether oxygens (including phenoxy) is 1. The van der Waals surface area contributed by atoms with Gasteiger partial charge in [0.05, 0.1) is 6.61 Å². The highest BCUT2D eigenvalue weighted by Crippen LogP contribution is 2.37. The van der Waals surface area contributed by atoms with E-state index in [0.717, 1.165) is 5.56 Å². The maximum Gasteiger partial charge on any atom is 0.324 e. The number of hydrogen-bond donors (Lipinski definition) is 0. The van der Waals surface area contributed by atoms with Crippen molar-refractivity contribution in [3.8, 4) is 0 Å². The van der Waals surface area contributed by atoms with Crippen LogP contribution in [0.2, 0.25) is 0 Å². The molecule has 1 atom stereocenters. The lowest BCUT2D eigenvalue weighted by atomic mass is 9.73. The van der Waals surface area contributed by atoms with Gasteiger partial charge in [0.25, 0.3) is 0 Å². The fourth-order valence-electron chi connectivity index (χ4n) is 2.80. The van der Waals surface area contributed by atoms with Crippen LogP contribution in [0.5, 0.6) is 0 Å². The van der Waals surface area contributed by atoms with E-state index in [9.17, 15) is 9.59 Å². The van der Waals surface area contributed by atoms with Crippen molar-refractivity contribution in [3.05, 3.63) is 71.3 Å². The van der Waals surface area contributed by atoms with Gasteiger partial charge in [-0.2, -0.15) is 0 Å². The zero-order valence-corrected chi connectivity index (χ0v) is 11.8. The van der Waals surface area contributed by atoms with Crippen LogP contribution in [-0.4, -0.2) is 18.4 Å². The van der Waals surface area contributed by atoms with Crippen molar-refractivity contribution in [2.75, 3.05) is 6.61 Å². The summed E-state index contributed by atoms with van der Waals surface area (Å²) in [5, 5.41) is 0. The number of rotatable bonds is 3. The first-order valence-electron chi connectivity index (χ1n) is 6.99. The quantitative estimate of drug-likeness (QED) is 0.493. The van der Waals surface area contributed by atoms with Crippen LogP contribution < -0.4 is 0 Å². The number of ketones is 1. The first-order valence-corrected chi connectivity index (χ1v) is 6.99. The second-order valence-corrected chi connectivity index (χ2v) is 5.35. The standard InChI is InChI=1S/C18H16O3/c1-13-7-9-14(10-8-13)16(19)18(11-12-21-17(18)20)15-5-3-2-4-6-15/h2-10H,11-12H2,1H3/t18-/m1/s1. The van der Waals surface area contributed by atoms with Gasteiger partial charge in [-0.15, -0.1) is 0 Å². The van der Waals surface area contributed by atoms with Gasteiger partial charge in [-0.1, -0.05) is 60.2 Å². The first kappa shape index (κ1) is 13.6. The highest BCUT2D eigenvalue weighted by atomic mass is 16.5. The zero-order chi connectivity index (χ0) is 14.9. The van der Waals surface area contributed by atoms with E-state index in [-0.39, 0.29) is 12.4 Å². The maximum atomic E-state index is 13.0. The summed E-state index contributed by atoms with van der Waals surface area (Å²) in [5.74, 6) is -0.629. The molecule has 0 unspecified atom stereocenters. The molecule has 0 saturated carbocycles. The Balaban J connectivity index is 2.11. The third kappa shape index (κ3) is 2.15. The molecule has 106 valence electrons. The third-order valence-corrected chi connectivity index (χ3v) is 4.03. The van der Waals surface area contributed by atoms with Crippen molar-refractivity contribution >= 4 is 11.8 Å². The summed E-state index contributed by atoms with van der Waals surface area (Å²) in [6.45, 7) is 2.25. The maximum absolute atomic E-state index is 13.0. The summed E-state index contributed by atoms with van der Waals surface area (Å²) < 4.78 is 5.13. The van der Waals surface area contributed by atoms with Gasteiger partial charge in [-0.25, -0.2) is 0 Å². The van der Waals surface area contributed by atoms with Crippen molar-refractivity contribution in [2.45, 2.75) is 18.8 Å². The molecule has 0 aliphatic carbocycles. The Bertz CT molecular complexity index is 673. The largest absolute Gasteiger partial charge is 0.465 e. The van der Waals surface area contributed by atoms with E-state index < -0.39 is 11.4 Å². The number of esters is 1. The fraction of sp³-hybridized carbons (Fsp3) is 0.222. The van der Waals surface area contributed by atoms with E-state index in [1.54, 1.807) is 12.1 Å². The SMILES string of the molecule is Cc1ccc(C(=O)[C@]2(c3ccccc3)CCOC2=O)cc1. The van der Waals surface area contributed by atoms with Gasteiger partial charge in [0.2, 0.25) is 0 Å². The molecule has 3 heteroatoms. The summed E-state index contributed by atoms with van der Waals surface area (Å²) in [4.78, 5) is 25.3. The average molecular weight is 280 g/mol. The van der Waals surface area contributed by atoms with Crippen LogP contribution in [0.25, 0.3) is 0 Å². The Morgan fingerprint density at radius 2 is 1.71 bits per heavy atom. The Morgan fingerprint density at radius 1 is 1.05 bits per heavy atom. The molecule has 0 amide bonds. The smallest absolute Gasteiger partial charge is 0.324 e. The zero-order valence-electron chi connectivity index (χ0n) is 11.8. The van der Waals surface area contributed by atoms with E-state index in [1.807, 2.05) is 49.4 Å². The van der Waals surface area contributed by atoms with Gasteiger partial charge in [0.1, 0.15) is 0 Å². The molecule has 1 aliphatic heterocycles. The van der Waals surface area contributed by atoms with Crippen LogP contribution in [-0.2, 0) is 14.9 Å². The molecule has 2 aromatic carbocycles. The second-order valence-electron chi connectivity index (χ2n) is 5.35. The Labute approximate surface area is 123 Å². The van der Waals surface area contributed by atoms with E-state index in [2.05, 4.69) is 0 Å². The molecule has 2 aromatic rings.